The molecule has 2 saturated heterocycles. The van der Waals surface area contributed by atoms with Gasteiger partial charge in [-0.15, -0.1) is 0 Å². The second-order valence-electron chi connectivity index (χ2n) is 13.6. The molecule has 1 spiro atoms. The predicted octanol–water partition coefficient (Wildman–Crippen LogP) is 3.27. The number of nitrogens with zero attached hydrogens (tertiary/aromatic N) is 2. The molecule has 1 aromatic rings. The largest absolute Gasteiger partial charge is 0.430 e. The Morgan fingerprint density at radius 2 is 1.83 bits per heavy atom. The number of piperidine rings is 2. The van der Waals surface area contributed by atoms with E-state index in [0.29, 0.717) is 17.5 Å². The van der Waals surface area contributed by atoms with Gasteiger partial charge in [0, 0.05) is 32.2 Å². The van der Waals surface area contributed by atoms with Crippen molar-refractivity contribution in [2.75, 3.05) is 37.7 Å². The van der Waals surface area contributed by atoms with E-state index >= 15 is 0 Å². The number of alkyl halides is 3. The highest BCUT2D eigenvalue weighted by molar-refractivity contribution is 5.90. The number of hydrogen-bond acceptors (Lipinski definition) is 7. The number of fused-ring (bicyclic) bond motifs is 1. The summed E-state index contributed by atoms with van der Waals surface area (Å²) in [5, 5.41) is 19.2. The number of allylic oxidation sites excluding steroid dienone is 3. The van der Waals surface area contributed by atoms with Crippen molar-refractivity contribution in [3.8, 4) is 0 Å². The van der Waals surface area contributed by atoms with E-state index in [4.69, 9.17) is 5.73 Å². The molecule has 0 bridgehead atoms. The van der Waals surface area contributed by atoms with Crippen LogP contribution >= 0.6 is 0 Å². The van der Waals surface area contributed by atoms with Crippen LogP contribution < -0.4 is 26.8 Å². The quantitative estimate of drug-likeness (QED) is 0.348. The van der Waals surface area contributed by atoms with Crippen molar-refractivity contribution in [3.63, 3.8) is 0 Å². The number of rotatable bonds is 6. The highest BCUT2D eigenvalue weighted by atomic mass is 19.4. The third-order valence-corrected chi connectivity index (χ3v) is 10.2. The molecule has 230 valence electrons. The summed E-state index contributed by atoms with van der Waals surface area (Å²) in [6, 6.07) is 3.78. The lowest BCUT2D eigenvalue weighted by molar-refractivity contribution is -0.125. The van der Waals surface area contributed by atoms with Gasteiger partial charge in [-0.3, -0.25) is 4.79 Å². The van der Waals surface area contributed by atoms with Crippen molar-refractivity contribution in [3.05, 3.63) is 52.7 Å². The third-order valence-electron chi connectivity index (χ3n) is 10.2. The van der Waals surface area contributed by atoms with Crippen LogP contribution in [0.1, 0.15) is 69.1 Å². The summed E-state index contributed by atoms with van der Waals surface area (Å²) in [5.41, 5.74) is 7.67. The Bertz CT molecular complexity index is 1270. The minimum Gasteiger partial charge on any atom is -0.386 e. The number of anilines is 1. The van der Waals surface area contributed by atoms with E-state index < -0.39 is 28.9 Å². The second kappa shape index (κ2) is 10.5. The van der Waals surface area contributed by atoms with Gasteiger partial charge in [0.05, 0.1) is 11.3 Å². The highest BCUT2D eigenvalue weighted by Gasteiger charge is 2.48. The molecule has 42 heavy (non-hydrogen) atoms. The highest BCUT2D eigenvalue weighted by Crippen LogP contribution is 2.52. The normalized spacial score (nSPS) is 27.0. The van der Waals surface area contributed by atoms with Gasteiger partial charge in [0.1, 0.15) is 5.70 Å². The molecular formula is C31H43F3N6O2. The number of likely N-dealkylation sites (tertiary alicyclic amines) is 1. The Morgan fingerprint density at radius 1 is 1.14 bits per heavy atom. The Morgan fingerprint density at radius 3 is 2.45 bits per heavy atom. The van der Waals surface area contributed by atoms with Crippen molar-refractivity contribution in [1.82, 2.24) is 21.0 Å². The van der Waals surface area contributed by atoms with Crippen LogP contribution in [0.2, 0.25) is 0 Å². The van der Waals surface area contributed by atoms with Crippen LogP contribution in [-0.2, 0) is 22.5 Å². The van der Waals surface area contributed by atoms with Crippen molar-refractivity contribution in [1.29, 1.82) is 0 Å². The standard InChI is InChI=1S/C31H43F3N6O2/c1-28(2,42)23-15-25-21(14-24(23)30(27(35)41)7-3-4-26(38-30)31(32,33)34)18-37-40(25)22-5-12-39(13-6-22)19-20-16-29(17-20)8-10-36-11-9-29/h3-4,7,14-15,20,22,36-38,42H,5-6,8-13,16-19H2,1-2H3,(H2,35,41). The average molecular weight is 589 g/mol. The molecule has 1 atom stereocenters. The molecule has 0 aromatic heterocycles. The molecule has 4 aliphatic heterocycles. The molecule has 1 aliphatic carbocycles. The molecule has 5 aliphatic rings. The number of dihydropyridines is 1. The van der Waals surface area contributed by atoms with Crippen LogP contribution in [0.25, 0.3) is 0 Å². The molecular weight excluding hydrogens is 545 g/mol. The van der Waals surface area contributed by atoms with Crippen LogP contribution in [0.4, 0.5) is 18.9 Å². The molecule has 11 heteroatoms. The van der Waals surface area contributed by atoms with Crippen molar-refractivity contribution < 1.29 is 23.1 Å². The summed E-state index contributed by atoms with van der Waals surface area (Å²) in [7, 11) is 0. The summed E-state index contributed by atoms with van der Waals surface area (Å²) >= 11 is 0. The number of nitrogens with two attached hydrogens (primary N) is 1. The summed E-state index contributed by atoms with van der Waals surface area (Å²) in [6.45, 7) is 9.12. The number of benzene rings is 1. The first-order chi connectivity index (χ1) is 19.8. The van der Waals surface area contributed by atoms with Gasteiger partial charge in [-0.1, -0.05) is 6.08 Å². The summed E-state index contributed by atoms with van der Waals surface area (Å²) in [5.74, 6) is -0.183. The van der Waals surface area contributed by atoms with Gasteiger partial charge in [0.2, 0.25) is 0 Å². The molecule has 4 heterocycles. The van der Waals surface area contributed by atoms with Crippen molar-refractivity contribution in [2.45, 2.75) is 82.3 Å². The first kappa shape index (κ1) is 29.5. The first-order valence-corrected chi connectivity index (χ1v) is 15.2. The molecule has 6 rings (SSSR count). The minimum atomic E-state index is -4.70. The van der Waals surface area contributed by atoms with Gasteiger partial charge in [-0.25, -0.2) is 5.43 Å². The summed E-state index contributed by atoms with van der Waals surface area (Å²) in [4.78, 5) is 15.5. The Hall–Kier alpha value is -2.60. The molecule has 6 N–H and O–H groups in total. The Kier molecular flexibility index (Phi) is 7.39. The third kappa shape index (κ3) is 5.33. The number of hydrogen-bond donors (Lipinski definition) is 5. The summed E-state index contributed by atoms with van der Waals surface area (Å²) < 4.78 is 41.1. The van der Waals surface area contributed by atoms with Crippen LogP contribution in [0.5, 0.6) is 0 Å². The number of nitrogens with one attached hydrogen (secondary N) is 3. The van der Waals surface area contributed by atoms with Crippen LogP contribution in [0.3, 0.4) is 0 Å². The number of hydrazine groups is 1. The number of primary amides is 1. The van der Waals surface area contributed by atoms with E-state index in [0.717, 1.165) is 62.3 Å². The van der Waals surface area contributed by atoms with E-state index in [1.165, 1.54) is 44.4 Å². The zero-order chi connectivity index (χ0) is 29.9. The van der Waals surface area contributed by atoms with Gasteiger partial charge in [-0.05, 0) is 118 Å². The molecule has 1 unspecified atom stereocenters. The first-order valence-electron chi connectivity index (χ1n) is 15.2. The molecule has 1 aromatic carbocycles. The summed E-state index contributed by atoms with van der Waals surface area (Å²) in [6.07, 6.45) is 6.03. The zero-order valence-electron chi connectivity index (χ0n) is 24.5. The molecule has 1 amide bonds. The smallest absolute Gasteiger partial charge is 0.386 e. The number of carbonyl (C=O) groups excluding carboxylic acids is 1. The Balaban J connectivity index is 1.19. The Labute approximate surface area is 245 Å². The second-order valence-corrected chi connectivity index (χ2v) is 13.6. The topological polar surface area (TPSA) is 106 Å². The number of halogens is 3. The van der Waals surface area contributed by atoms with Gasteiger partial charge in [0.15, 0.2) is 5.54 Å². The van der Waals surface area contributed by atoms with Crippen LogP contribution in [-0.4, -0.2) is 60.9 Å². The zero-order valence-corrected chi connectivity index (χ0v) is 24.5. The van der Waals surface area contributed by atoms with E-state index in [-0.39, 0.29) is 11.6 Å². The maximum atomic E-state index is 13.7. The van der Waals surface area contributed by atoms with Gasteiger partial charge in [-0.2, -0.15) is 13.2 Å². The van der Waals surface area contributed by atoms with Crippen LogP contribution in [0, 0.1) is 11.3 Å². The van der Waals surface area contributed by atoms with Gasteiger partial charge in [0.25, 0.3) is 5.91 Å². The SMILES string of the molecule is CC(C)(O)c1cc2c(cc1C1(C(N)=O)C=CC=C(C(F)(F)F)N1)CNN2C1CCN(CC2CC3(CCNCC3)C2)CC1. The van der Waals surface area contributed by atoms with E-state index in [9.17, 15) is 23.1 Å². The molecule has 3 fully saturated rings. The maximum Gasteiger partial charge on any atom is 0.430 e. The number of aliphatic hydroxyl groups is 1. The molecule has 1 saturated carbocycles. The van der Waals surface area contributed by atoms with Crippen molar-refractivity contribution in [2.24, 2.45) is 17.1 Å². The minimum absolute atomic E-state index is 0.220. The lowest BCUT2D eigenvalue weighted by atomic mass is 9.57. The maximum absolute atomic E-state index is 13.7. The van der Waals surface area contributed by atoms with Gasteiger partial charge < -0.3 is 31.4 Å². The molecule has 8 nitrogen and oxygen atoms in total. The van der Waals surface area contributed by atoms with E-state index in [1.54, 1.807) is 19.9 Å². The lowest BCUT2D eigenvalue weighted by Gasteiger charge is -2.52. The van der Waals surface area contributed by atoms with Crippen LogP contribution in [0.15, 0.2) is 36.1 Å². The number of amides is 1. The molecule has 0 radical (unpaired) electrons. The average Bonchev–Trinajstić information content (AvgIpc) is 3.35. The number of carbonyl (C=O) groups is 1. The van der Waals surface area contributed by atoms with Crippen molar-refractivity contribution >= 4 is 11.6 Å². The lowest BCUT2D eigenvalue weighted by Crippen LogP contribution is -2.54. The fourth-order valence-corrected chi connectivity index (χ4v) is 7.98. The van der Waals surface area contributed by atoms with E-state index in [2.05, 4.69) is 26.0 Å². The van der Waals surface area contributed by atoms with E-state index in [1.807, 2.05) is 6.07 Å². The van der Waals surface area contributed by atoms with Gasteiger partial charge >= 0.3 is 6.18 Å². The predicted molar refractivity (Wildman–Crippen MR) is 155 cm³/mol. The fourth-order valence-electron chi connectivity index (χ4n) is 7.98. The monoisotopic (exact) mass is 588 g/mol. The fraction of sp³-hybridized carbons (Fsp3) is 0.645.